The lowest BCUT2D eigenvalue weighted by Crippen LogP contribution is -2.27. The van der Waals surface area contributed by atoms with Crippen LogP contribution in [0.15, 0.2) is 24.3 Å². The van der Waals surface area contributed by atoms with Crippen molar-refractivity contribution in [3.8, 4) is 5.75 Å². The van der Waals surface area contributed by atoms with Gasteiger partial charge in [0.25, 0.3) is 5.91 Å². The maximum Gasteiger partial charge on any atom is 0.255 e. The van der Waals surface area contributed by atoms with Gasteiger partial charge < -0.3 is 10.4 Å². The average molecular weight is 356 g/mol. The van der Waals surface area contributed by atoms with Gasteiger partial charge in [0.2, 0.25) is 0 Å². The fraction of sp³-hybridized carbons (Fsp3) is 0.500. The average Bonchev–Trinajstić information content (AvgIpc) is 2.87. The maximum atomic E-state index is 12.3. The third-order valence-corrected chi connectivity index (χ3v) is 4.68. The Bertz CT molecular complexity index is 782. The number of phenols is 1. The van der Waals surface area contributed by atoms with Crippen LogP contribution >= 0.6 is 0 Å². The molecule has 2 N–H and O–H groups in total. The van der Waals surface area contributed by atoms with E-state index in [0.29, 0.717) is 23.6 Å². The number of aryl methyl sites for hydroxylation is 2. The van der Waals surface area contributed by atoms with Crippen molar-refractivity contribution in [1.82, 2.24) is 20.0 Å². The lowest BCUT2D eigenvalue weighted by atomic mass is 10.1. The van der Waals surface area contributed by atoms with Crippen molar-refractivity contribution < 1.29 is 9.90 Å². The first kappa shape index (κ1) is 18.5. The third kappa shape index (κ3) is 4.25. The van der Waals surface area contributed by atoms with Crippen molar-refractivity contribution in [3.63, 3.8) is 0 Å². The van der Waals surface area contributed by atoms with Crippen LogP contribution < -0.4 is 5.32 Å². The number of carbonyl (C=O) groups excluding carboxylic acids is 1. The Hall–Kier alpha value is -2.34. The van der Waals surface area contributed by atoms with Gasteiger partial charge in [-0.05, 0) is 37.0 Å². The summed E-state index contributed by atoms with van der Waals surface area (Å²) in [5, 5.41) is 17.5. The summed E-state index contributed by atoms with van der Waals surface area (Å²) in [6, 6.07) is 7.26. The van der Waals surface area contributed by atoms with Crippen LogP contribution in [0.2, 0.25) is 0 Å². The molecule has 0 unspecified atom stereocenters. The molecule has 2 heterocycles. The minimum atomic E-state index is -0.282. The Morgan fingerprint density at radius 1 is 1.35 bits per heavy atom. The summed E-state index contributed by atoms with van der Waals surface area (Å²) in [7, 11) is 0. The van der Waals surface area contributed by atoms with E-state index < -0.39 is 0 Å². The van der Waals surface area contributed by atoms with Gasteiger partial charge in [0.1, 0.15) is 5.75 Å². The van der Waals surface area contributed by atoms with Gasteiger partial charge in [0.15, 0.2) is 0 Å². The molecule has 0 fully saturated rings. The highest BCUT2D eigenvalue weighted by atomic mass is 16.3. The minimum absolute atomic E-state index is 0.0370. The number of amides is 1. The van der Waals surface area contributed by atoms with E-state index in [1.165, 1.54) is 5.69 Å². The number of hydrogen-bond acceptors (Lipinski definition) is 4. The van der Waals surface area contributed by atoms with Crippen molar-refractivity contribution in [2.75, 3.05) is 13.1 Å². The van der Waals surface area contributed by atoms with Crippen LogP contribution in [0.5, 0.6) is 5.75 Å². The van der Waals surface area contributed by atoms with Crippen LogP contribution in [0.3, 0.4) is 0 Å². The molecule has 1 aliphatic rings. The number of nitrogens with one attached hydrogen (secondary N) is 1. The Morgan fingerprint density at radius 3 is 2.92 bits per heavy atom. The van der Waals surface area contributed by atoms with Gasteiger partial charge in [-0.25, -0.2) is 0 Å². The van der Waals surface area contributed by atoms with Crippen molar-refractivity contribution in [2.45, 2.75) is 46.8 Å². The van der Waals surface area contributed by atoms with Crippen molar-refractivity contribution in [3.05, 3.63) is 46.8 Å². The van der Waals surface area contributed by atoms with E-state index in [2.05, 4.69) is 39.9 Å². The Morgan fingerprint density at radius 2 is 2.15 bits per heavy atom. The zero-order valence-corrected chi connectivity index (χ0v) is 15.8. The van der Waals surface area contributed by atoms with Gasteiger partial charge >= 0.3 is 0 Å². The lowest BCUT2D eigenvalue weighted by molar-refractivity contribution is 0.0947. The molecule has 0 atom stereocenters. The molecule has 2 aromatic rings. The first-order chi connectivity index (χ1) is 12.4. The van der Waals surface area contributed by atoms with Crippen molar-refractivity contribution >= 4 is 5.91 Å². The topological polar surface area (TPSA) is 70.4 Å². The summed E-state index contributed by atoms with van der Waals surface area (Å²) in [5.41, 5.74) is 3.04. The first-order valence-electron chi connectivity index (χ1n) is 9.28. The zero-order valence-electron chi connectivity index (χ0n) is 15.8. The fourth-order valence-corrected chi connectivity index (χ4v) is 3.45. The smallest absolute Gasteiger partial charge is 0.255 e. The summed E-state index contributed by atoms with van der Waals surface area (Å²) in [6.07, 6.45) is 1.09. The number of phenolic OH excluding ortho intramolecular Hbond substituents is 1. The number of carbonyl (C=O) groups is 1. The van der Waals surface area contributed by atoms with Crippen LogP contribution in [0.25, 0.3) is 0 Å². The van der Waals surface area contributed by atoms with Crippen LogP contribution in [-0.2, 0) is 19.6 Å². The van der Waals surface area contributed by atoms with E-state index in [9.17, 15) is 9.90 Å². The molecule has 0 bridgehead atoms. The van der Waals surface area contributed by atoms with Crippen molar-refractivity contribution in [1.29, 1.82) is 0 Å². The second-order valence-electron chi connectivity index (χ2n) is 7.49. The van der Waals surface area contributed by atoms with Gasteiger partial charge in [-0.15, -0.1) is 0 Å². The maximum absolute atomic E-state index is 12.3. The van der Waals surface area contributed by atoms with Crippen LogP contribution in [0.1, 0.15) is 47.6 Å². The number of hydrogen-bond donors (Lipinski definition) is 2. The molecule has 26 heavy (non-hydrogen) atoms. The predicted molar refractivity (Wildman–Crippen MR) is 101 cm³/mol. The molecule has 1 aromatic carbocycles. The zero-order chi connectivity index (χ0) is 18.7. The molecule has 3 rings (SSSR count). The summed E-state index contributed by atoms with van der Waals surface area (Å²) in [6.45, 7) is 10.6. The Balaban J connectivity index is 1.65. The fourth-order valence-electron chi connectivity index (χ4n) is 3.45. The monoisotopic (exact) mass is 356 g/mol. The van der Waals surface area contributed by atoms with Gasteiger partial charge in [-0.2, -0.15) is 5.10 Å². The van der Waals surface area contributed by atoms with E-state index >= 15 is 0 Å². The van der Waals surface area contributed by atoms with E-state index in [0.717, 1.165) is 38.3 Å². The molecule has 6 heteroatoms. The molecule has 0 radical (unpaired) electrons. The number of aromatic nitrogens is 2. The van der Waals surface area contributed by atoms with E-state index in [4.69, 9.17) is 0 Å². The van der Waals surface area contributed by atoms with Gasteiger partial charge in [-0.1, -0.05) is 26.0 Å². The number of para-hydroxylation sites is 1. The molecule has 1 amide bonds. The lowest BCUT2D eigenvalue weighted by Gasteiger charge is -2.21. The number of aromatic hydroxyl groups is 1. The summed E-state index contributed by atoms with van der Waals surface area (Å²) >= 11 is 0. The summed E-state index contributed by atoms with van der Waals surface area (Å²) in [5.74, 6) is 0.399. The highest BCUT2D eigenvalue weighted by molar-refractivity contribution is 5.97. The van der Waals surface area contributed by atoms with Crippen LogP contribution in [0.4, 0.5) is 0 Å². The molecule has 6 nitrogen and oxygen atoms in total. The normalized spacial score (nSPS) is 14.9. The Kier molecular flexibility index (Phi) is 5.61. The molecule has 0 aliphatic carbocycles. The van der Waals surface area contributed by atoms with Crippen molar-refractivity contribution in [2.24, 2.45) is 5.92 Å². The van der Waals surface area contributed by atoms with E-state index in [1.54, 1.807) is 25.1 Å². The van der Waals surface area contributed by atoms with Gasteiger partial charge in [0.05, 0.1) is 23.5 Å². The number of nitrogens with zero attached hydrogens (tertiary/aromatic N) is 3. The Labute approximate surface area is 154 Å². The largest absolute Gasteiger partial charge is 0.507 e. The van der Waals surface area contributed by atoms with Crippen LogP contribution in [0, 0.1) is 12.8 Å². The summed E-state index contributed by atoms with van der Waals surface area (Å²) < 4.78 is 2.06. The predicted octanol–water partition coefficient (Wildman–Crippen LogP) is 2.69. The highest BCUT2D eigenvalue weighted by Crippen LogP contribution is 2.21. The highest BCUT2D eigenvalue weighted by Gasteiger charge is 2.18. The van der Waals surface area contributed by atoms with Gasteiger partial charge in [0, 0.05) is 26.2 Å². The SMILES string of the molecule is Cc1cccc(C(=O)NCc2cc3n(n2)CCCN(CC(C)C)C3)c1O. The number of benzene rings is 1. The summed E-state index contributed by atoms with van der Waals surface area (Å²) in [4.78, 5) is 14.8. The molecular formula is C20H28N4O2. The molecule has 0 saturated heterocycles. The molecule has 0 saturated carbocycles. The molecular weight excluding hydrogens is 328 g/mol. The first-order valence-corrected chi connectivity index (χ1v) is 9.28. The molecule has 1 aliphatic heterocycles. The standard InChI is InChI=1S/C20H28N4O2/c1-14(2)12-23-8-5-9-24-17(13-23)10-16(22-24)11-21-20(26)18-7-4-6-15(3)19(18)25/h4,6-7,10,14,25H,5,8-9,11-13H2,1-3H3,(H,21,26). The quantitative estimate of drug-likeness (QED) is 0.864. The van der Waals surface area contributed by atoms with Gasteiger partial charge in [-0.3, -0.25) is 14.4 Å². The molecule has 1 aromatic heterocycles. The number of rotatable bonds is 5. The molecule has 140 valence electrons. The minimum Gasteiger partial charge on any atom is -0.507 e. The second kappa shape index (κ2) is 7.91. The molecule has 0 spiro atoms. The number of fused-ring (bicyclic) bond motifs is 1. The van der Waals surface area contributed by atoms with Crippen LogP contribution in [-0.4, -0.2) is 38.8 Å². The second-order valence-corrected chi connectivity index (χ2v) is 7.49. The van der Waals surface area contributed by atoms with E-state index in [-0.39, 0.29) is 11.7 Å². The third-order valence-electron chi connectivity index (χ3n) is 4.68. The van der Waals surface area contributed by atoms with E-state index in [1.807, 2.05) is 0 Å².